The van der Waals surface area contributed by atoms with Gasteiger partial charge in [0.05, 0.1) is 18.3 Å². The molecule has 1 amide bonds. The van der Waals surface area contributed by atoms with Crippen LogP contribution in [0, 0.1) is 17.2 Å². The van der Waals surface area contributed by atoms with E-state index in [-0.39, 0.29) is 24.2 Å². The highest BCUT2D eigenvalue weighted by Gasteiger charge is 2.28. The second-order valence-electron chi connectivity index (χ2n) is 8.60. The van der Waals surface area contributed by atoms with E-state index in [9.17, 15) is 20.0 Å². The van der Waals surface area contributed by atoms with Crippen molar-refractivity contribution in [1.29, 1.82) is 5.26 Å². The minimum absolute atomic E-state index is 0.0526. The van der Waals surface area contributed by atoms with Gasteiger partial charge in [-0.2, -0.15) is 5.26 Å². The van der Waals surface area contributed by atoms with Crippen molar-refractivity contribution in [1.82, 2.24) is 9.88 Å². The molecule has 1 N–H and O–H groups in total. The van der Waals surface area contributed by atoms with E-state index in [1.165, 1.54) is 17.4 Å². The lowest BCUT2D eigenvalue weighted by Gasteiger charge is -2.30. The number of aliphatic hydroxyl groups excluding tert-OH is 1. The number of ketones is 1. The number of pyridine rings is 1. The van der Waals surface area contributed by atoms with Gasteiger partial charge in [0.25, 0.3) is 0 Å². The molecule has 2 aromatic heterocycles. The molecule has 7 nitrogen and oxygen atoms in total. The zero-order chi connectivity index (χ0) is 23.2. The topological polar surface area (TPSA) is 104 Å². The normalized spacial score (nSPS) is 20.3. The van der Waals surface area contributed by atoms with Gasteiger partial charge in [0, 0.05) is 41.7 Å². The molecule has 33 heavy (non-hydrogen) atoms. The summed E-state index contributed by atoms with van der Waals surface area (Å²) < 4.78 is 5.53. The number of carbonyl (C=O) groups excluding carboxylic acids is 2. The third-order valence-corrected chi connectivity index (χ3v) is 7.38. The molecular formula is C25H27N3O4S. The summed E-state index contributed by atoms with van der Waals surface area (Å²) >= 11 is 1.53. The van der Waals surface area contributed by atoms with Crippen molar-refractivity contribution in [3.8, 4) is 6.07 Å². The summed E-state index contributed by atoms with van der Waals surface area (Å²) in [6, 6.07) is 5.99. The number of hydrogen-bond acceptors (Lipinski definition) is 7. The molecule has 4 rings (SSSR count). The van der Waals surface area contributed by atoms with E-state index >= 15 is 0 Å². The number of amides is 1. The Bertz CT molecular complexity index is 1070. The number of hydrogen-bond donors (Lipinski definition) is 1. The third-order valence-electron chi connectivity index (χ3n) is 6.13. The summed E-state index contributed by atoms with van der Waals surface area (Å²) in [5, 5.41) is 19.5. The first kappa shape index (κ1) is 23.1. The number of allylic oxidation sites excluding steroid dienone is 1. The van der Waals surface area contributed by atoms with Gasteiger partial charge in [-0.3, -0.25) is 9.78 Å². The number of aromatic nitrogens is 1. The molecule has 8 heteroatoms. The van der Waals surface area contributed by atoms with E-state index in [0.717, 1.165) is 53.0 Å². The molecule has 1 aliphatic heterocycles. The summed E-state index contributed by atoms with van der Waals surface area (Å²) in [4.78, 5) is 32.3. The van der Waals surface area contributed by atoms with Crippen LogP contribution in [0.2, 0.25) is 0 Å². The van der Waals surface area contributed by atoms with E-state index in [1.807, 2.05) is 12.1 Å². The molecule has 0 saturated carbocycles. The fraction of sp³-hybridized carbons (Fsp3) is 0.440. The number of piperidine rings is 1. The largest absolute Gasteiger partial charge is 0.449 e. The van der Waals surface area contributed by atoms with Gasteiger partial charge in [0.15, 0.2) is 5.78 Å². The molecule has 1 fully saturated rings. The summed E-state index contributed by atoms with van der Waals surface area (Å²) in [6.07, 6.45) is 9.84. The average molecular weight is 466 g/mol. The Morgan fingerprint density at radius 1 is 1.39 bits per heavy atom. The lowest BCUT2D eigenvalue weighted by Crippen LogP contribution is -2.42. The van der Waals surface area contributed by atoms with Crippen molar-refractivity contribution in [3.05, 3.63) is 57.0 Å². The van der Waals surface area contributed by atoms with Crippen LogP contribution in [-0.4, -0.2) is 52.7 Å². The van der Waals surface area contributed by atoms with Crippen LogP contribution in [0.15, 0.2) is 30.6 Å². The molecule has 3 heterocycles. The van der Waals surface area contributed by atoms with Gasteiger partial charge in [-0.05, 0) is 67.4 Å². The minimum Gasteiger partial charge on any atom is -0.449 e. The maximum Gasteiger partial charge on any atom is 0.409 e. The lowest BCUT2D eigenvalue weighted by atomic mass is 9.87. The number of likely N-dealkylation sites (tertiary alicyclic amines) is 1. The highest BCUT2D eigenvalue weighted by Crippen LogP contribution is 2.36. The molecule has 0 bridgehead atoms. The second kappa shape index (κ2) is 10.7. The molecule has 0 radical (unpaired) electrons. The Labute approximate surface area is 197 Å². The number of β-amino-alcohol motifs (C(OH)–C–C–N with tert-alkyl or cyclic N) is 1. The highest BCUT2D eigenvalue weighted by atomic mass is 32.1. The number of fused-ring (bicyclic) bond motifs is 1. The van der Waals surface area contributed by atoms with Crippen LogP contribution in [0.1, 0.15) is 45.7 Å². The van der Waals surface area contributed by atoms with E-state index in [2.05, 4.69) is 11.1 Å². The molecule has 0 aromatic carbocycles. The van der Waals surface area contributed by atoms with Gasteiger partial charge >= 0.3 is 6.09 Å². The van der Waals surface area contributed by atoms with Gasteiger partial charge in [-0.1, -0.05) is 6.07 Å². The Kier molecular flexibility index (Phi) is 7.53. The van der Waals surface area contributed by atoms with Gasteiger partial charge in [-0.15, -0.1) is 11.3 Å². The van der Waals surface area contributed by atoms with Crippen molar-refractivity contribution in [2.24, 2.45) is 5.92 Å². The number of rotatable bonds is 6. The summed E-state index contributed by atoms with van der Waals surface area (Å²) in [6.45, 7) is 1.28. The van der Waals surface area contributed by atoms with Crippen molar-refractivity contribution >= 4 is 29.3 Å². The van der Waals surface area contributed by atoms with Crippen LogP contribution in [-0.2, 0) is 28.8 Å². The molecular weight excluding hydrogens is 438 g/mol. The van der Waals surface area contributed by atoms with Crippen molar-refractivity contribution in [3.63, 3.8) is 0 Å². The summed E-state index contributed by atoms with van der Waals surface area (Å²) in [5.74, 6) is 0.138. The van der Waals surface area contributed by atoms with Gasteiger partial charge in [0.2, 0.25) is 0 Å². The molecule has 2 atom stereocenters. The zero-order valence-electron chi connectivity index (χ0n) is 18.4. The van der Waals surface area contributed by atoms with E-state index in [0.29, 0.717) is 25.3 Å². The fourth-order valence-corrected chi connectivity index (χ4v) is 5.82. The van der Waals surface area contributed by atoms with Crippen molar-refractivity contribution in [2.75, 3.05) is 19.7 Å². The number of carbonyl (C=O) groups is 2. The van der Waals surface area contributed by atoms with E-state index in [1.54, 1.807) is 23.4 Å². The van der Waals surface area contributed by atoms with Crippen molar-refractivity contribution in [2.45, 2.75) is 44.6 Å². The summed E-state index contributed by atoms with van der Waals surface area (Å²) in [7, 11) is 0. The molecule has 0 unspecified atom stereocenters. The quantitative estimate of drug-likeness (QED) is 0.655. The van der Waals surface area contributed by atoms with Crippen LogP contribution in [0.25, 0.3) is 6.08 Å². The summed E-state index contributed by atoms with van der Waals surface area (Å²) in [5.41, 5.74) is 2.53. The molecule has 1 aliphatic carbocycles. The third kappa shape index (κ3) is 5.86. The van der Waals surface area contributed by atoms with Crippen LogP contribution >= 0.6 is 11.3 Å². The zero-order valence-corrected chi connectivity index (χ0v) is 19.2. The Hall–Kier alpha value is -3.02. The van der Waals surface area contributed by atoms with E-state index < -0.39 is 6.10 Å². The molecule has 172 valence electrons. The maximum absolute atomic E-state index is 12.5. The standard InChI is InChI=1S/C25H27N3O4S/c26-13-22-21-8-6-18(16-32-25(31)28-10-2-4-20(30)15-28)11-23(21)33-24(22)12-19(29)7-5-17-3-1-9-27-14-17/h1,3,5,7,9,14,18,20,30H,2,4,6,8,10-12,15-16H2/b7-5+/t18-,20-/m0/s1. The highest BCUT2D eigenvalue weighted by molar-refractivity contribution is 7.12. The molecule has 2 aromatic rings. The molecule has 2 aliphatic rings. The first-order valence-electron chi connectivity index (χ1n) is 11.3. The first-order chi connectivity index (χ1) is 16.0. The Morgan fingerprint density at radius 3 is 3.03 bits per heavy atom. The number of nitrogens with zero attached hydrogens (tertiary/aromatic N) is 3. The van der Waals surface area contributed by atoms with Gasteiger partial charge in [0.1, 0.15) is 6.07 Å². The van der Waals surface area contributed by atoms with Crippen LogP contribution in [0.3, 0.4) is 0 Å². The van der Waals surface area contributed by atoms with Crippen LogP contribution in [0.4, 0.5) is 4.79 Å². The number of thiophene rings is 1. The Morgan fingerprint density at radius 2 is 2.27 bits per heavy atom. The first-order valence-corrected chi connectivity index (χ1v) is 12.1. The fourth-order valence-electron chi connectivity index (χ4n) is 4.39. The monoisotopic (exact) mass is 465 g/mol. The van der Waals surface area contributed by atoms with E-state index in [4.69, 9.17) is 4.74 Å². The smallest absolute Gasteiger partial charge is 0.409 e. The number of ether oxygens (including phenoxy) is 1. The van der Waals surface area contributed by atoms with Crippen LogP contribution < -0.4 is 0 Å². The van der Waals surface area contributed by atoms with Crippen LogP contribution in [0.5, 0.6) is 0 Å². The maximum atomic E-state index is 12.5. The lowest BCUT2D eigenvalue weighted by molar-refractivity contribution is -0.113. The SMILES string of the molecule is N#Cc1c(CC(=O)/C=C/c2cccnc2)sc2c1CC[C@H](COC(=O)N1CCC[C@H](O)C1)C2. The minimum atomic E-state index is -0.473. The Balaban J connectivity index is 1.35. The predicted molar refractivity (Wildman–Crippen MR) is 125 cm³/mol. The number of aliphatic hydroxyl groups is 1. The molecule has 0 spiro atoms. The van der Waals surface area contributed by atoms with Gasteiger partial charge in [-0.25, -0.2) is 4.79 Å². The molecule has 1 saturated heterocycles. The second-order valence-corrected chi connectivity index (χ2v) is 9.79. The average Bonchev–Trinajstić information content (AvgIpc) is 3.17. The predicted octanol–water partition coefficient (Wildman–Crippen LogP) is 3.54. The van der Waals surface area contributed by atoms with Gasteiger partial charge < -0.3 is 14.7 Å². The number of nitriles is 1. The van der Waals surface area contributed by atoms with Crippen molar-refractivity contribution < 1.29 is 19.4 Å².